The molecule has 0 saturated carbocycles. The second-order valence-corrected chi connectivity index (χ2v) is 8.20. The Balaban J connectivity index is 2.04. The summed E-state index contributed by atoms with van der Waals surface area (Å²) in [6.45, 7) is -3.92. The number of carbonyl (C=O) groups excluding carboxylic acids is 2. The molecule has 17 heteroatoms. The lowest BCUT2D eigenvalue weighted by Gasteiger charge is -2.31. The van der Waals surface area contributed by atoms with E-state index in [9.17, 15) is 58.6 Å². The molecular formula is C25H16F10N2O5. The van der Waals surface area contributed by atoms with Gasteiger partial charge in [-0.15, -0.1) is 0 Å². The summed E-state index contributed by atoms with van der Waals surface area (Å²) in [7, 11) is 1.03. The summed E-state index contributed by atoms with van der Waals surface area (Å²) >= 11 is 0. The lowest BCUT2D eigenvalue weighted by atomic mass is 9.93. The van der Waals surface area contributed by atoms with E-state index >= 15 is 0 Å². The summed E-state index contributed by atoms with van der Waals surface area (Å²) in [5, 5.41) is 14.3. The van der Waals surface area contributed by atoms with Crippen molar-refractivity contribution in [3.05, 3.63) is 77.1 Å². The van der Waals surface area contributed by atoms with E-state index in [-0.39, 0.29) is 23.1 Å². The van der Waals surface area contributed by atoms with Gasteiger partial charge < -0.3 is 25.2 Å². The molecule has 3 aromatic rings. The van der Waals surface area contributed by atoms with Gasteiger partial charge in [0.25, 0.3) is 11.8 Å². The van der Waals surface area contributed by atoms with Gasteiger partial charge in [-0.3, -0.25) is 9.59 Å². The molecule has 226 valence electrons. The van der Waals surface area contributed by atoms with Crippen molar-refractivity contribution in [3.63, 3.8) is 0 Å². The summed E-state index contributed by atoms with van der Waals surface area (Å²) in [4.78, 5) is 25.5. The number of benzene rings is 3. The predicted octanol–water partition coefficient (Wildman–Crippen LogP) is 6.94. The van der Waals surface area contributed by atoms with Crippen LogP contribution in [0.25, 0.3) is 0 Å². The third-order valence-electron chi connectivity index (χ3n) is 5.53. The van der Waals surface area contributed by atoms with E-state index in [1.165, 1.54) is 12.1 Å². The summed E-state index contributed by atoms with van der Waals surface area (Å²) in [5.74, 6) is -6.52. The Morgan fingerprint density at radius 2 is 1.45 bits per heavy atom. The highest BCUT2D eigenvalue weighted by Gasteiger charge is 2.73. The van der Waals surface area contributed by atoms with Crippen LogP contribution in [0.5, 0.6) is 17.2 Å². The Hall–Kier alpha value is -4.70. The van der Waals surface area contributed by atoms with Crippen LogP contribution in [0.2, 0.25) is 0 Å². The molecule has 0 unspecified atom stereocenters. The van der Waals surface area contributed by atoms with Crippen LogP contribution in [0.1, 0.15) is 26.3 Å². The molecule has 3 rings (SSSR count). The van der Waals surface area contributed by atoms with Crippen molar-refractivity contribution >= 4 is 23.2 Å². The van der Waals surface area contributed by atoms with Crippen LogP contribution in [0.3, 0.4) is 0 Å². The number of carbonyl (C=O) groups is 2. The first-order chi connectivity index (χ1) is 19.4. The van der Waals surface area contributed by atoms with Crippen molar-refractivity contribution in [2.45, 2.75) is 24.6 Å². The minimum atomic E-state index is -6.66. The third-order valence-corrected chi connectivity index (χ3v) is 5.53. The van der Waals surface area contributed by atoms with Gasteiger partial charge in [0.2, 0.25) is 0 Å². The van der Waals surface area contributed by atoms with E-state index in [1.54, 1.807) is 5.32 Å². The summed E-state index contributed by atoms with van der Waals surface area (Å²) in [5.41, 5.74) is -10.4. The number of phenolic OH excluding ortho intramolecular Hbond substituents is 1. The van der Waals surface area contributed by atoms with Crippen LogP contribution in [-0.2, 0) is 5.67 Å². The minimum absolute atomic E-state index is 0.0197. The van der Waals surface area contributed by atoms with Gasteiger partial charge in [0.15, 0.2) is 11.5 Å². The van der Waals surface area contributed by atoms with E-state index in [0.29, 0.717) is 0 Å². The fourth-order valence-corrected chi connectivity index (χ4v) is 3.61. The number of amides is 2. The molecule has 3 N–H and O–H groups in total. The number of nitrogens with one attached hydrogen (secondary N) is 2. The van der Waals surface area contributed by atoms with Gasteiger partial charge in [0.1, 0.15) is 17.3 Å². The first-order valence-corrected chi connectivity index (χ1v) is 11.1. The molecule has 0 aliphatic carbocycles. The van der Waals surface area contributed by atoms with E-state index in [1.807, 2.05) is 0 Å². The summed E-state index contributed by atoms with van der Waals surface area (Å²) < 4.78 is 142. The molecule has 0 fully saturated rings. The van der Waals surface area contributed by atoms with Crippen LogP contribution in [0.15, 0.2) is 54.6 Å². The highest BCUT2D eigenvalue weighted by molar-refractivity contribution is 6.11. The van der Waals surface area contributed by atoms with Crippen LogP contribution in [0.4, 0.5) is 55.3 Å². The number of alkyl halides is 9. The molecule has 0 radical (unpaired) electrons. The number of ether oxygens (including phenoxy) is 2. The fourth-order valence-electron chi connectivity index (χ4n) is 3.61. The topological polar surface area (TPSA) is 96.9 Å². The second kappa shape index (κ2) is 11.7. The molecule has 0 aromatic heterocycles. The second-order valence-electron chi connectivity index (χ2n) is 8.20. The van der Waals surface area contributed by atoms with Crippen molar-refractivity contribution in [1.82, 2.24) is 0 Å². The number of para-hydroxylation sites is 1. The first-order valence-electron chi connectivity index (χ1n) is 11.1. The van der Waals surface area contributed by atoms with Gasteiger partial charge in [-0.05, 0) is 48.5 Å². The molecule has 0 saturated heterocycles. The minimum Gasteiger partial charge on any atom is -0.506 e. The highest BCUT2D eigenvalue weighted by Crippen LogP contribution is 2.55. The molecule has 42 heavy (non-hydrogen) atoms. The fraction of sp³-hybridized carbons (Fsp3) is 0.200. The molecule has 2 amide bonds. The molecule has 0 spiro atoms. The van der Waals surface area contributed by atoms with Gasteiger partial charge >= 0.3 is 24.6 Å². The number of anilines is 2. The zero-order chi connectivity index (χ0) is 31.6. The number of hydrogen-bond acceptors (Lipinski definition) is 5. The van der Waals surface area contributed by atoms with Gasteiger partial charge in [-0.2, -0.15) is 35.1 Å². The number of aromatic hydroxyl groups is 1. The van der Waals surface area contributed by atoms with Crippen LogP contribution < -0.4 is 20.1 Å². The van der Waals surface area contributed by atoms with E-state index < -0.39 is 76.6 Å². The average Bonchev–Trinajstić information content (AvgIpc) is 2.88. The maximum absolute atomic E-state index is 14.5. The average molecular weight is 614 g/mol. The Morgan fingerprint density at radius 1 is 0.857 bits per heavy atom. The number of hydrogen-bond donors (Lipinski definition) is 3. The molecule has 3 aromatic carbocycles. The van der Waals surface area contributed by atoms with Crippen molar-refractivity contribution in [3.8, 4) is 17.2 Å². The van der Waals surface area contributed by atoms with E-state index in [0.717, 1.165) is 37.4 Å². The van der Waals surface area contributed by atoms with E-state index in [2.05, 4.69) is 10.1 Å². The Labute approximate surface area is 228 Å². The predicted molar refractivity (Wildman–Crippen MR) is 125 cm³/mol. The molecule has 0 heterocycles. The zero-order valence-corrected chi connectivity index (χ0v) is 20.6. The van der Waals surface area contributed by atoms with Gasteiger partial charge in [0.05, 0.1) is 18.4 Å². The molecule has 0 aliphatic rings. The van der Waals surface area contributed by atoms with Crippen molar-refractivity contribution < 1.29 is 68.1 Å². The molecule has 0 atom stereocenters. The normalized spacial score (nSPS) is 12.2. The van der Waals surface area contributed by atoms with Crippen LogP contribution >= 0.6 is 0 Å². The lowest BCUT2D eigenvalue weighted by molar-refractivity contribution is -0.348. The lowest BCUT2D eigenvalue weighted by Crippen LogP contribution is -2.50. The van der Waals surface area contributed by atoms with Gasteiger partial charge in [-0.25, -0.2) is 8.78 Å². The molecule has 0 aliphatic heterocycles. The number of rotatable bonds is 8. The number of phenols is 1. The standard InChI is InChI=1S/C25H16F10N2O5/c1-41-19-14(3-2-4-15(19)36-20(39)11-5-7-13(26)8-6-11)21(40)37-18-16(38)9-12(10-17(18)42-22(27)28)23(29,24(30,31)32)25(33,34)35/h2-10,22,38H,1H3,(H,36,39)(H,37,40). The maximum atomic E-state index is 14.5. The molecule has 7 nitrogen and oxygen atoms in total. The van der Waals surface area contributed by atoms with Crippen molar-refractivity contribution in [2.75, 3.05) is 17.7 Å². The van der Waals surface area contributed by atoms with Gasteiger partial charge in [0, 0.05) is 11.1 Å². The summed E-state index contributed by atoms with van der Waals surface area (Å²) in [6, 6.07) is 6.94. The number of halogens is 10. The quantitative estimate of drug-likeness (QED) is 0.189. The van der Waals surface area contributed by atoms with Crippen LogP contribution in [-0.4, -0.2) is 43.0 Å². The smallest absolute Gasteiger partial charge is 0.435 e. The Kier molecular flexibility index (Phi) is 8.83. The Morgan fingerprint density at radius 3 is 1.98 bits per heavy atom. The first kappa shape index (κ1) is 31.8. The largest absolute Gasteiger partial charge is 0.506 e. The third kappa shape index (κ3) is 6.28. The van der Waals surface area contributed by atoms with Crippen LogP contribution in [0, 0.1) is 5.82 Å². The Bertz CT molecular complexity index is 1460. The SMILES string of the molecule is COc1c(NC(=O)c2ccc(F)cc2)cccc1C(=O)Nc1c(O)cc(C(F)(C(F)(F)F)C(F)(F)F)cc1OC(F)F. The molecular weight excluding hydrogens is 598 g/mol. The zero-order valence-electron chi connectivity index (χ0n) is 20.6. The van der Waals surface area contributed by atoms with Gasteiger partial charge in [-0.1, -0.05) is 6.07 Å². The van der Waals surface area contributed by atoms with E-state index in [4.69, 9.17) is 4.74 Å². The van der Waals surface area contributed by atoms with Crippen molar-refractivity contribution in [2.24, 2.45) is 0 Å². The molecule has 0 bridgehead atoms. The highest BCUT2D eigenvalue weighted by atomic mass is 19.4. The number of methoxy groups -OCH3 is 1. The maximum Gasteiger partial charge on any atom is 0.435 e. The monoisotopic (exact) mass is 614 g/mol. The van der Waals surface area contributed by atoms with Crippen molar-refractivity contribution in [1.29, 1.82) is 0 Å². The summed E-state index contributed by atoms with van der Waals surface area (Å²) in [6.07, 6.45) is -13.3.